The van der Waals surface area contributed by atoms with E-state index in [0.29, 0.717) is 6.42 Å². The number of nitrogens with zero attached hydrogens (tertiary/aromatic N) is 1. The van der Waals surface area contributed by atoms with Gasteiger partial charge in [-0.1, -0.05) is 50.1 Å². The molecule has 1 radical (unpaired) electrons. The van der Waals surface area contributed by atoms with Crippen molar-refractivity contribution in [2.24, 2.45) is 5.73 Å². The van der Waals surface area contributed by atoms with E-state index in [0.717, 1.165) is 18.4 Å². The van der Waals surface area contributed by atoms with E-state index in [1.807, 2.05) is 37.3 Å². The Hall–Kier alpha value is -1.88. The Labute approximate surface area is 113 Å². The highest BCUT2D eigenvalue weighted by molar-refractivity contribution is 5.94. The van der Waals surface area contributed by atoms with Crippen molar-refractivity contribution in [2.75, 3.05) is 0 Å². The van der Waals surface area contributed by atoms with E-state index in [-0.39, 0.29) is 6.61 Å². The van der Waals surface area contributed by atoms with Crippen molar-refractivity contribution in [1.29, 1.82) is 0 Å². The predicted octanol–water partition coefficient (Wildman–Crippen LogP) is 1.97. The number of rotatable bonds is 6. The molecule has 0 aliphatic carbocycles. The van der Waals surface area contributed by atoms with E-state index < -0.39 is 18.0 Å². The second-order valence-electron chi connectivity index (χ2n) is 4.24. The first-order valence-electron chi connectivity index (χ1n) is 6.35. The lowest BCUT2D eigenvalue weighted by atomic mass is 10.1. The van der Waals surface area contributed by atoms with Crippen LogP contribution in [0.4, 0.5) is 4.79 Å². The fourth-order valence-electron chi connectivity index (χ4n) is 1.47. The zero-order valence-corrected chi connectivity index (χ0v) is 11.0. The summed E-state index contributed by atoms with van der Waals surface area (Å²) in [7, 11) is 0. The summed E-state index contributed by atoms with van der Waals surface area (Å²) < 4.78 is 4.87. The third kappa shape index (κ3) is 6.01. The Morgan fingerprint density at radius 3 is 2.63 bits per heavy atom. The molecule has 0 spiro atoms. The minimum absolute atomic E-state index is 0.0979. The minimum atomic E-state index is -0.888. The lowest BCUT2D eigenvalue weighted by Crippen LogP contribution is -2.39. The van der Waals surface area contributed by atoms with Gasteiger partial charge in [-0.2, -0.15) is 0 Å². The highest BCUT2D eigenvalue weighted by Crippen LogP contribution is 2.02. The molecular formula is C14H19N2O3. The Kier molecular flexibility index (Phi) is 6.60. The van der Waals surface area contributed by atoms with Crippen molar-refractivity contribution >= 4 is 12.0 Å². The number of carbonyl (C=O) groups is 2. The Balaban J connectivity index is 2.29. The van der Waals surface area contributed by atoms with Crippen LogP contribution in [0.1, 0.15) is 31.7 Å². The lowest BCUT2D eigenvalue weighted by molar-refractivity contribution is -0.122. The molecule has 1 aromatic carbocycles. The second-order valence-corrected chi connectivity index (χ2v) is 4.24. The molecule has 0 heterocycles. The molecule has 0 saturated carbocycles. The average Bonchev–Trinajstić information content (AvgIpc) is 2.43. The van der Waals surface area contributed by atoms with E-state index in [2.05, 4.69) is 5.32 Å². The normalized spacial score (nSPS) is 11.7. The Bertz CT molecular complexity index is 406. The van der Waals surface area contributed by atoms with Crippen molar-refractivity contribution in [1.82, 2.24) is 5.32 Å². The quantitative estimate of drug-likeness (QED) is 0.850. The van der Waals surface area contributed by atoms with Crippen molar-refractivity contribution in [3.63, 3.8) is 0 Å². The van der Waals surface area contributed by atoms with Gasteiger partial charge in [-0.05, 0) is 12.0 Å². The van der Waals surface area contributed by atoms with Crippen LogP contribution in [-0.4, -0.2) is 18.0 Å². The molecule has 0 aliphatic rings. The van der Waals surface area contributed by atoms with Crippen LogP contribution in [0.3, 0.4) is 0 Å². The summed E-state index contributed by atoms with van der Waals surface area (Å²) in [6.45, 7) is 2.10. The first-order valence-corrected chi connectivity index (χ1v) is 6.35. The number of carbonyl (C=O) groups excluding carboxylic acids is 2. The van der Waals surface area contributed by atoms with Gasteiger partial charge in [0, 0.05) is 0 Å². The number of unbranched alkanes of at least 4 members (excludes halogenated alkanes) is 1. The molecule has 0 aromatic heterocycles. The zero-order valence-electron chi connectivity index (χ0n) is 11.0. The average molecular weight is 263 g/mol. The third-order valence-electron chi connectivity index (χ3n) is 2.59. The molecule has 1 atom stereocenters. The standard InChI is InChI=1S/C14H19N2O3/c1-2-3-9-12(15)13(17)16-14(18)19-10-11-7-5-4-6-8-11/h4-8,12H,2-3,9-10,15H2,1H3/t12-/m0/s1. The Morgan fingerprint density at radius 1 is 1.32 bits per heavy atom. The van der Waals surface area contributed by atoms with Gasteiger partial charge < -0.3 is 10.5 Å². The smallest absolute Gasteiger partial charge is 0.437 e. The van der Waals surface area contributed by atoms with Crippen LogP contribution in [-0.2, 0) is 16.1 Å². The van der Waals surface area contributed by atoms with Gasteiger partial charge in [0.05, 0.1) is 6.04 Å². The van der Waals surface area contributed by atoms with Crippen molar-refractivity contribution in [3.8, 4) is 0 Å². The van der Waals surface area contributed by atoms with Crippen molar-refractivity contribution < 1.29 is 14.3 Å². The molecule has 2 amide bonds. The molecule has 19 heavy (non-hydrogen) atoms. The molecule has 1 aromatic rings. The molecule has 0 bridgehead atoms. The van der Waals surface area contributed by atoms with E-state index in [1.54, 1.807) is 0 Å². The summed E-state index contributed by atoms with van der Waals surface area (Å²) in [5.41, 5.74) is 6.45. The SMILES string of the molecule is CCCC[C@H](N)C(=O)[N]C(=O)OCc1ccccc1. The summed E-state index contributed by atoms with van der Waals surface area (Å²) in [5.74, 6) is -0.619. The molecule has 1 rings (SSSR count). The summed E-state index contributed by atoms with van der Waals surface area (Å²) >= 11 is 0. The number of nitrogens with two attached hydrogens (primary N) is 1. The van der Waals surface area contributed by atoms with Crippen LogP contribution in [0.2, 0.25) is 0 Å². The minimum Gasteiger partial charge on any atom is -0.443 e. The number of amides is 2. The second kappa shape index (κ2) is 8.26. The highest BCUT2D eigenvalue weighted by Gasteiger charge is 2.18. The maximum Gasteiger partial charge on any atom is 0.437 e. The maximum atomic E-state index is 11.5. The van der Waals surface area contributed by atoms with Crippen LogP contribution >= 0.6 is 0 Å². The molecule has 103 valence electrons. The molecular weight excluding hydrogens is 244 g/mol. The first kappa shape index (κ1) is 15.2. The van der Waals surface area contributed by atoms with Crippen molar-refractivity contribution in [2.45, 2.75) is 38.8 Å². The lowest BCUT2D eigenvalue weighted by Gasteiger charge is -2.09. The van der Waals surface area contributed by atoms with Crippen LogP contribution < -0.4 is 11.1 Å². The van der Waals surface area contributed by atoms with Gasteiger partial charge in [0.15, 0.2) is 0 Å². The summed E-state index contributed by atoms with van der Waals surface area (Å²) in [6, 6.07) is 8.47. The third-order valence-corrected chi connectivity index (χ3v) is 2.59. The molecule has 0 fully saturated rings. The molecule has 0 aliphatic heterocycles. The number of hydrogen-bond acceptors (Lipinski definition) is 4. The number of ether oxygens (including phenoxy) is 1. The summed E-state index contributed by atoms with van der Waals surface area (Å²) in [6.07, 6.45) is 1.42. The predicted molar refractivity (Wildman–Crippen MR) is 71.3 cm³/mol. The summed E-state index contributed by atoms with van der Waals surface area (Å²) in [5, 5.41) is 3.32. The van der Waals surface area contributed by atoms with E-state index >= 15 is 0 Å². The molecule has 2 N–H and O–H groups in total. The van der Waals surface area contributed by atoms with Gasteiger partial charge in [-0.3, -0.25) is 4.79 Å². The van der Waals surface area contributed by atoms with E-state index in [9.17, 15) is 9.59 Å². The van der Waals surface area contributed by atoms with E-state index in [1.165, 1.54) is 0 Å². The molecule has 0 saturated heterocycles. The maximum absolute atomic E-state index is 11.5. The van der Waals surface area contributed by atoms with Gasteiger partial charge in [-0.25, -0.2) is 4.79 Å². The van der Waals surface area contributed by atoms with Gasteiger partial charge in [0.25, 0.3) is 5.91 Å². The van der Waals surface area contributed by atoms with Crippen LogP contribution in [0, 0.1) is 0 Å². The largest absolute Gasteiger partial charge is 0.443 e. The van der Waals surface area contributed by atoms with Crippen LogP contribution in [0.25, 0.3) is 0 Å². The fraction of sp³-hybridized carbons (Fsp3) is 0.429. The van der Waals surface area contributed by atoms with E-state index in [4.69, 9.17) is 10.5 Å². The Morgan fingerprint density at radius 2 is 2.00 bits per heavy atom. The van der Waals surface area contributed by atoms with Gasteiger partial charge >= 0.3 is 6.09 Å². The number of imide groups is 1. The van der Waals surface area contributed by atoms with Crippen molar-refractivity contribution in [3.05, 3.63) is 35.9 Å². The number of benzene rings is 1. The topological polar surface area (TPSA) is 83.5 Å². The highest BCUT2D eigenvalue weighted by atomic mass is 16.5. The first-order chi connectivity index (χ1) is 9.13. The van der Waals surface area contributed by atoms with Gasteiger partial charge in [0.1, 0.15) is 6.61 Å². The molecule has 5 nitrogen and oxygen atoms in total. The fourth-order valence-corrected chi connectivity index (χ4v) is 1.47. The molecule has 0 unspecified atom stereocenters. The zero-order chi connectivity index (χ0) is 14.1. The van der Waals surface area contributed by atoms with Crippen LogP contribution in [0.5, 0.6) is 0 Å². The molecule has 5 heteroatoms. The monoisotopic (exact) mass is 263 g/mol. The van der Waals surface area contributed by atoms with Crippen LogP contribution in [0.15, 0.2) is 30.3 Å². The summed E-state index contributed by atoms with van der Waals surface area (Å²) in [4.78, 5) is 22.8. The van der Waals surface area contributed by atoms with Gasteiger partial charge in [-0.15, -0.1) is 5.32 Å². The van der Waals surface area contributed by atoms with Gasteiger partial charge in [0.2, 0.25) is 0 Å². The number of hydrogen-bond donors (Lipinski definition) is 1.